The first-order valence-corrected chi connectivity index (χ1v) is 12.3. The molecule has 10 heteroatoms. The van der Waals surface area contributed by atoms with Crippen molar-refractivity contribution in [3.05, 3.63) is 70.9 Å². The van der Waals surface area contributed by atoms with Crippen molar-refractivity contribution >= 4 is 35.3 Å². The van der Waals surface area contributed by atoms with E-state index in [1.807, 2.05) is 26.0 Å². The second-order valence-corrected chi connectivity index (χ2v) is 8.95. The molecule has 0 saturated heterocycles. The molecule has 35 heavy (non-hydrogen) atoms. The number of amides is 1. The Balaban J connectivity index is 1.75. The van der Waals surface area contributed by atoms with Gasteiger partial charge in [0.1, 0.15) is 11.8 Å². The molecule has 0 fully saturated rings. The molecule has 2 aromatic carbocycles. The van der Waals surface area contributed by atoms with Gasteiger partial charge in [0.05, 0.1) is 23.4 Å². The minimum atomic E-state index is -1.02. The Hall–Kier alpha value is -3.79. The zero-order chi connectivity index (χ0) is 24.9. The number of anilines is 2. The van der Waals surface area contributed by atoms with E-state index in [0.717, 1.165) is 17.7 Å². The first kappa shape index (κ1) is 24.3. The molecule has 1 atom stereocenters. The molecular weight excluding hydrogens is 466 g/mol. The molecule has 0 bridgehead atoms. The number of nitrogens with zero attached hydrogens (tertiary/aromatic N) is 3. The van der Waals surface area contributed by atoms with Gasteiger partial charge >= 0.3 is 5.97 Å². The van der Waals surface area contributed by atoms with Crippen LogP contribution in [0.4, 0.5) is 11.6 Å². The zero-order valence-corrected chi connectivity index (χ0v) is 20.6. The van der Waals surface area contributed by atoms with Crippen molar-refractivity contribution in [2.75, 3.05) is 23.0 Å². The van der Waals surface area contributed by atoms with Gasteiger partial charge in [-0.25, -0.2) is 9.48 Å². The van der Waals surface area contributed by atoms with Gasteiger partial charge in [0.25, 0.3) is 5.91 Å². The Morgan fingerprint density at radius 2 is 1.91 bits per heavy atom. The second-order valence-electron chi connectivity index (χ2n) is 7.89. The topological polar surface area (TPSA) is 118 Å². The minimum absolute atomic E-state index is 0.165. The number of nitrogens with one attached hydrogen (secondary N) is 2. The fourth-order valence-corrected chi connectivity index (χ4v) is 4.52. The van der Waals surface area contributed by atoms with E-state index in [9.17, 15) is 14.7 Å². The third-order valence-electron chi connectivity index (χ3n) is 5.42. The first-order valence-electron chi connectivity index (χ1n) is 11.4. The summed E-state index contributed by atoms with van der Waals surface area (Å²) in [5.41, 5.74) is 2.53. The number of fused-ring (bicyclic) bond motifs is 1. The number of thioether (sulfide) groups is 1. The van der Waals surface area contributed by atoms with Crippen molar-refractivity contribution in [2.45, 2.75) is 38.4 Å². The first-order chi connectivity index (χ1) is 16.9. The van der Waals surface area contributed by atoms with Gasteiger partial charge < -0.3 is 20.5 Å². The molecule has 2 heterocycles. The summed E-state index contributed by atoms with van der Waals surface area (Å²) in [4.78, 5) is 29.6. The molecule has 1 aromatic heterocycles. The average Bonchev–Trinajstić information content (AvgIpc) is 3.25. The number of ether oxygens (including phenoxy) is 1. The highest BCUT2D eigenvalue weighted by molar-refractivity contribution is 7.99. The third-order valence-corrected chi connectivity index (χ3v) is 6.47. The quantitative estimate of drug-likeness (QED) is 0.364. The van der Waals surface area contributed by atoms with Crippen LogP contribution in [0.15, 0.2) is 65.0 Å². The summed E-state index contributed by atoms with van der Waals surface area (Å²) < 4.78 is 7.35. The second kappa shape index (κ2) is 10.6. The number of hydrogen-bond acceptors (Lipinski definition) is 7. The van der Waals surface area contributed by atoms with Gasteiger partial charge in [-0.2, -0.15) is 4.98 Å². The fraction of sp³-hybridized carbons (Fsp3) is 0.280. The molecule has 3 N–H and O–H groups in total. The summed E-state index contributed by atoms with van der Waals surface area (Å²) in [5, 5.41) is 20.8. The van der Waals surface area contributed by atoms with Crippen molar-refractivity contribution < 1.29 is 19.4 Å². The van der Waals surface area contributed by atoms with Crippen molar-refractivity contribution in [2.24, 2.45) is 0 Å². The summed E-state index contributed by atoms with van der Waals surface area (Å²) in [6.07, 6.45) is 0.978. The van der Waals surface area contributed by atoms with Gasteiger partial charge in [-0.15, -0.1) is 5.10 Å². The van der Waals surface area contributed by atoms with Gasteiger partial charge in [0, 0.05) is 11.4 Å². The molecule has 9 nitrogen and oxygen atoms in total. The van der Waals surface area contributed by atoms with Crippen LogP contribution in [0.2, 0.25) is 0 Å². The van der Waals surface area contributed by atoms with E-state index in [2.05, 4.69) is 27.6 Å². The standard InChI is InChI=1S/C25H27N5O4S/c1-4-14-35-25-28-24-26-15(3)20(22(31)27-18-8-6-7-9-19(18)34-5-2)21(30(24)29-25)16-10-12-17(13-11-16)23(32)33/h6-13,21H,4-5,14H2,1-3H3,(H,27,31)(H,32,33)(H,26,28,29). The van der Waals surface area contributed by atoms with E-state index in [1.54, 1.807) is 40.7 Å². The fourth-order valence-electron chi connectivity index (χ4n) is 3.84. The molecule has 0 spiro atoms. The molecule has 1 amide bonds. The third kappa shape index (κ3) is 5.17. The molecule has 3 aromatic rings. The van der Waals surface area contributed by atoms with Gasteiger partial charge in [0.2, 0.25) is 11.1 Å². The minimum Gasteiger partial charge on any atom is -0.492 e. The molecular formula is C25H27N5O4S. The molecule has 0 saturated carbocycles. The van der Waals surface area contributed by atoms with Crippen molar-refractivity contribution in [3.8, 4) is 5.75 Å². The Labute approximate surface area is 207 Å². The monoisotopic (exact) mass is 493 g/mol. The molecule has 1 aliphatic rings. The SMILES string of the molecule is CCCSc1nc2n(n1)C(c1ccc(C(=O)O)cc1)C(C(=O)Nc1ccccc1OCC)=C(C)N2. The van der Waals surface area contributed by atoms with Crippen LogP contribution in [0.3, 0.4) is 0 Å². The molecule has 1 unspecified atom stereocenters. The van der Waals surface area contributed by atoms with E-state index < -0.39 is 12.0 Å². The lowest BCUT2D eigenvalue weighted by atomic mass is 9.94. The number of aromatic nitrogens is 3. The number of carbonyl (C=O) groups excluding carboxylic acids is 1. The Morgan fingerprint density at radius 3 is 2.60 bits per heavy atom. The number of carbonyl (C=O) groups is 2. The number of hydrogen-bond donors (Lipinski definition) is 3. The molecule has 182 valence electrons. The van der Waals surface area contributed by atoms with Crippen LogP contribution in [0.25, 0.3) is 0 Å². The maximum atomic E-state index is 13.7. The van der Waals surface area contributed by atoms with Crippen LogP contribution >= 0.6 is 11.8 Å². The van der Waals surface area contributed by atoms with E-state index in [0.29, 0.717) is 40.4 Å². The normalized spacial score (nSPS) is 14.8. The van der Waals surface area contributed by atoms with E-state index in [-0.39, 0.29) is 11.5 Å². The van der Waals surface area contributed by atoms with Gasteiger partial charge in [-0.05, 0) is 50.1 Å². The number of allylic oxidation sites excluding steroid dienone is 1. The Kier molecular flexibility index (Phi) is 7.40. The number of para-hydroxylation sites is 2. The van der Waals surface area contributed by atoms with E-state index in [1.165, 1.54) is 12.1 Å². The number of aromatic carboxylic acids is 1. The maximum absolute atomic E-state index is 13.7. The lowest BCUT2D eigenvalue weighted by molar-refractivity contribution is -0.113. The van der Waals surface area contributed by atoms with Crippen molar-refractivity contribution in [1.29, 1.82) is 0 Å². The lowest BCUT2D eigenvalue weighted by Crippen LogP contribution is -2.31. The predicted octanol–water partition coefficient (Wildman–Crippen LogP) is 4.80. The summed E-state index contributed by atoms with van der Waals surface area (Å²) in [6, 6.07) is 13.1. The van der Waals surface area contributed by atoms with Gasteiger partial charge in [-0.1, -0.05) is 43.0 Å². The summed E-state index contributed by atoms with van der Waals surface area (Å²) in [5.74, 6) is 0.638. The highest BCUT2D eigenvalue weighted by atomic mass is 32.2. The number of benzene rings is 2. The van der Waals surface area contributed by atoms with Crippen molar-refractivity contribution in [1.82, 2.24) is 14.8 Å². The highest BCUT2D eigenvalue weighted by Crippen LogP contribution is 2.37. The van der Waals surface area contributed by atoms with E-state index >= 15 is 0 Å². The summed E-state index contributed by atoms with van der Waals surface area (Å²) in [6.45, 7) is 6.25. The highest BCUT2D eigenvalue weighted by Gasteiger charge is 2.34. The van der Waals surface area contributed by atoms with Crippen LogP contribution in [0, 0.1) is 0 Å². The molecule has 1 aliphatic heterocycles. The van der Waals surface area contributed by atoms with Gasteiger partial charge in [0.15, 0.2) is 0 Å². The van der Waals surface area contributed by atoms with Crippen molar-refractivity contribution in [3.63, 3.8) is 0 Å². The molecule has 0 radical (unpaired) electrons. The molecule has 0 aliphatic carbocycles. The van der Waals surface area contributed by atoms with Crippen LogP contribution in [0.1, 0.15) is 49.2 Å². The summed E-state index contributed by atoms with van der Waals surface area (Å²) in [7, 11) is 0. The molecule has 4 rings (SSSR count). The van der Waals surface area contributed by atoms with Gasteiger partial charge in [-0.3, -0.25) is 4.79 Å². The van der Waals surface area contributed by atoms with E-state index in [4.69, 9.17) is 4.74 Å². The number of carboxylic acid groups (broad SMARTS) is 1. The number of rotatable bonds is 9. The Morgan fingerprint density at radius 1 is 1.17 bits per heavy atom. The lowest BCUT2D eigenvalue weighted by Gasteiger charge is -2.29. The predicted molar refractivity (Wildman–Crippen MR) is 135 cm³/mol. The maximum Gasteiger partial charge on any atom is 0.335 e. The Bertz CT molecular complexity index is 1270. The van der Waals surface area contributed by atoms with Crippen LogP contribution in [-0.2, 0) is 4.79 Å². The van der Waals surface area contributed by atoms with Crippen LogP contribution < -0.4 is 15.4 Å². The zero-order valence-electron chi connectivity index (χ0n) is 19.7. The number of carboxylic acids is 1. The summed E-state index contributed by atoms with van der Waals surface area (Å²) >= 11 is 1.54. The van der Waals surface area contributed by atoms with Crippen LogP contribution in [0.5, 0.6) is 5.75 Å². The average molecular weight is 494 g/mol. The largest absolute Gasteiger partial charge is 0.492 e. The smallest absolute Gasteiger partial charge is 0.335 e. The van der Waals surface area contributed by atoms with Crippen LogP contribution in [-0.4, -0.2) is 44.1 Å².